The van der Waals surface area contributed by atoms with E-state index in [1.54, 1.807) is 0 Å². The standard InChI is InChI=1S/C21H23BrN2O2/c1-24(14-16-6-3-2-4-7-16)11-5-10-23-21(25)18-12-17-13-19(22)8-9-20(17)26-15-18/h2-4,6-9,12-13H,5,10-11,14-15H2,1H3,(H,23,25). The fourth-order valence-corrected chi connectivity index (χ4v) is 3.30. The molecule has 5 heteroatoms. The molecule has 1 aliphatic rings. The van der Waals surface area contributed by atoms with Gasteiger partial charge in [-0.15, -0.1) is 0 Å². The molecule has 0 aromatic heterocycles. The Labute approximate surface area is 163 Å². The van der Waals surface area contributed by atoms with Crippen LogP contribution in [-0.4, -0.2) is 37.6 Å². The maximum atomic E-state index is 12.3. The van der Waals surface area contributed by atoms with Gasteiger partial charge in [0.05, 0.1) is 5.57 Å². The lowest BCUT2D eigenvalue weighted by atomic mass is 10.1. The van der Waals surface area contributed by atoms with Gasteiger partial charge < -0.3 is 15.0 Å². The lowest BCUT2D eigenvalue weighted by Gasteiger charge is -2.19. The number of carbonyl (C=O) groups excluding carboxylic acids is 1. The second-order valence-electron chi connectivity index (χ2n) is 6.47. The zero-order valence-electron chi connectivity index (χ0n) is 14.9. The second-order valence-corrected chi connectivity index (χ2v) is 7.39. The Morgan fingerprint density at radius 2 is 2.04 bits per heavy atom. The van der Waals surface area contributed by atoms with Crippen LogP contribution in [0.15, 0.2) is 58.6 Å². The summed E-state index contributed by atoms with van der Waals surface area (Å²) in [5.41, 5.74) is 2.89. The number of fused-ring (bicyclic) bond motifs is 1. The number of halogens is 1. The summed E-state index contributed by atoms with van der Waals surface area (Å²) in [6.45, 7) is 2.81. The van der Waals surface area contributed by atoms with Gasteiger partial charge in [0.1, 0.15) is 12.4 Å². The summed E-state index contributed by atoms with van der Waals surface area (Å²) in [7, 11) is 2.10. The van der Waals surface area contributed by atoms with Crippen LogP contribution in [0.25, 0.3) is 6.08 Å². The molecule has 1 aliphatic heterocycles. The van der Waals surface area contributed by atoms with Crippen LogP contribution in [0.2, 0.25) is 0 Å². The smallest absolute Gasteiger partial charge is 0.250 e. The molecule has 0 atom stereocenters. The Kier molecular flexibility index (Phi) is 6.47. The quantitative estimate of drug-likeness (QED) is 0.699. The van der Waals surface area contributed by atoms with E-state index in [-0.39, 0.29) is 5.91 Å². The molecule has 0 saturated heterocycles. The third kappa shape index (κ3) is 5.19. The number of rotatable bonds is 7. The first-order valence-corrected chi connectivity index (χ1v) is 9.55. The van der Waals surface area contributed by atoms with Crippen molar-refractivity contribution in [1.82, 2.24) is 10.2 Å². The fourth-order valence-electron chi connectivity index (χ4n) is 2.92. The van der Waals surface area contributed by atoms with Gasteiger partial charge >= 0.3 is 0 Å². The van der Waals surface area contributed by atoms with Crippen molar-refractivity contribution in [3.63, 3.8) is 0 Å². The van der Waals surface area contributed by atoms with Gasteiger partial charge in [-0.05, 0) is 49.9 Å². The summed E-state index contributed by atoms with van der Waals surface area (Å²) in [4.78, 5) is 14.6. The zero-order valence-corrected chi connectivity index (χ0v) is 16.5. The van der Waals surface area contributed by atoms with E-state index >= 15 is 0 Å². The largest absolute Gasteiger partial charge is 0.488 e. The predicted molar refractivity (Wildman–Crippen MR) is 108 cm³/mol. The van der Waals surface area contributed by atoms with Crippen LogP contribution >= 0.6 is 15.9 Å². The van der Waals surface area contributed by atoms with E-state index in [1.165, 1.54) is 5.56 Å². The van der Waals surface area contributed by atoms with Gasteiger partial charge in [-0.25, -0.2) is 0 Å². The van der Waals surface area contributed by atoms with E-state index in [0.29, 0.717) is 18.7 Å². The topological polar surface area (TPSA) is 41.6 Å². The number of nitrogens with zero attached hydrogens (tertiary/aromatic N) is 1. The molecule has 1 heterocycles. The molecular weight excluding hydrogens is 392 g/mol. The third-order valence-electron chi connectivity index (χ3n) is 4.27. The average molecular weight is 415 g/mol. The van der Waals surface area contributed by atoms with E-state index in [2.05, 4.69) is 57.5 Å². The van der Waals surface area contributed by atoms with Crippen LogP contribution in [0.4, 0.5) is 0 Å². The Balaban J connectivity index is 1.43. The molecule has 0 fully saturated rings. The van der Waals surface area contributed by atoms with Crippen molar-refractivity contribution in [2.75, 3.05) is 26.7 Å². The van der Waals surface area contributed by atoms with Gasteiger partial charge in [0.15, 0.2) is 0 Å². The Morgan fingerprint density at radius 1 is 1.23 bits per heavy atom. The van der Waals surface area contributed by atoms with Crippen LogP contribution in [0.1, 0.15) is 17.5 Å². The van der Waals surface area contributed by atoms with Crippen LogP contribution in [-0.2, 0) is 11.3 Å². The molecule has 2 aromatic carbocycles. The van der Waals surface area contributed by atoms with Crippen molar-refractivity contribution in [1.29, 1.82) is 0 Å². The number of carbonyl (C=O) groups is 1. The van der Waals surface area contributed by atoms with E-state index in [4.69, 9.17) is 4.74 Å². The van der Waals surface area contributed by atoms with Crippen molar-refractivity contribution in [3.05, 3.63) is 69.7 Å². The van der Waals surface area contributed by atoms with Crippen LogP contribution in [0.5, 0.6) is 5.75 Å². The molecule has 1 amide bonds. The Bertz CT molecular complexity index is 790. The predicted octanol–water partition coefficient (Wildman–Crippen LogP) is 3.86. The highest BCUT2D eigenvalue weighted by Crippen LogP contribution is 2.29. The van der Waals surface area contributed by atoms with Crippen LogP contribution < -0.4 is 10.1 Å². The SMILES string of the molecule is CN(CCCNC(=O)C1=Cc2cc(Br)ccc2OC1)Cc1ccccc1. The minimum Gasteiger partial charge on any atom is -0.488 e. The maximum Gasteiger partial charge on any atom is 0.250 e. The maximum absolute atomic E-state index is 12.3. The van der Waals surface area contributed by atoms with Crippen molar-refractivity contribution >= 4 is 27.9 Å². The lowest BCUT2D eigenvalue weighted by molar-refractivity contribution is -0.117. The summed E-state index contributed by atoms with van der Waals surface area (Å²) >= 11 is 3.45. The average Bonchev–Trinajstić information content (AvgIpc) is 2.65. The van der Waals surface area contributed by atoms with Gasteiger partial charge in [0.25, 0.3) is 5.91 Å². The van der Waals surface area contributed by atoms with Crippen molar-refractivity contribution in [2.45, 2.75) is 13.0 Å². The zero-order chi connectivity index (χ0) is 18.4. The van der Waals surface area contributed by atoms with E-state index < -0.39 is 0 Å². The van der Waals surface area contributed by atoms with Gasteiger partial charge in [0, 0.05) is 23.1 Å². The van der Waals surface area contributed by atoms with Crippen LogP contribution in [0.3, 0.4) is 0 Å². The molecular formula is C21H23BrN2O2. The number of nitrogens with one attached hydrogen (secondary N) is 1. The first-order valence-electron chi connectivity index (χ1n) is 8.75. The first kappa shape index (κ1) is 18.7. The normalized spacial score (nSPS) is 13.0. The molecule has 0 aliphatic carbocycles. The first-order chi connectivity index (χ1) is 12.6. The molecule has 26 heavy (non-hydrogen) atoms. The lowest BCUT2D eigenvalue weighted by Crippen LogP contribution is -2.31. The molecule has 0 bridgehead atoms. The number of hydrogen-bond donors (Lipinski definition) is 1. The van der Waals surface area contributed by atoms with E-state index in [0.717, 1.165) is 35.3 Å². The summed E-state index contributed by atoms with van der Waals surface area (Å²) in [6, 6.07) is 16.2. The molecule has 4 nitrogen and oxygen atoms in total. The Hall–Kier alpha value is -2.11. The molecule has 136 valence electrons. The molecule has 0 radical (unpaired) electrons. The van der Waals surface area contributed by atoms with E-state index in [9.17, 15) is 4.79 Å². The van der Waals surface area contributed by atoms with Gasteiger partial charge in [0.2, 0.25) is 0 Å². The van der Waals surface area contributed by atoms with Gasteiger partial charge in [-0.2, -0.15) is 0 Å². The van der Waals surface area contributed by atoms with Crippen LogP contribution in [0, 0.1) is 0 Å². The summed E-state index contributed by atoms with van der Waals surface area (Å²) in [5, 5.41) is 2.99. The molecule has 0 saturated carbocycles. The highest BCUT2D eigenvalue weighted by Gasteiger charge is 2.17. The molecule has 3 rings (SSSR count). The molecule has 1 N–H and O–H groups in total. The van der Waals surface area contributed by atoms with Crippen molar-refractivity contribution in [2.24, 2.45) is 0 Å². The number of ether oxygens (including phenoxy) is 1. The van der Waals surface area contributed by atoms with Crippen molar-refractivity contribution < 1.29 is 9.53 Å². The highest BCUT2D eigenvalue weighted by molar-refractivity contribution is 9.10. The molecule has 0 spiro atoms. The fraction of sp³-hybridized carbons (Fsp3) is 0.286. The third-order valence-corrected chi connectivity index (χ3v) is 4.77. The van der Waals surface area contributed by atoms with E-state index in [1.807, 2.05) is 30.3 Å². The number of benzene rings is 2. The van der Waals surface area contributed by atoms with Crippen molar-refractivity contribution in [3.8, 4) is 5.75 Å². The Morgan fingerprint density at radius 3 is 2.85 bits per heavy atom. The highest BCUT2D eigenvalue weighted by atomic mass is 79.9. The summed E-state index contributed by atoms with van der Waals surface area (Å²) < 4.78 is 6.64. The number of hydrogen-bond acceptors (Lipinski definition) is 3. The van der Waals surface area contributed by atoms with Gasteiger partial charge in [-0.1, -0.05) is 46.3 Å². The summed E-state index contributed by atoms with van der Waals surface area (Å²) in [6.07, 6.45) is 2.81. The molecule has 2 aromatic rings. The number of amides is 1. The summed E-state index contributed by atoms with van der Waals surface area (Å²) in [5.74, 6) is 0.758. The molecule has 0 unspecified atom stereocenters. The minimum absolute atomic E-state index is 0.0543. The second kappa shape index (κ2) is 9.01. The minimum atomic E-state index is -0.0543. The monoisotopic (exact) mass is 414 g/mol. The van der Waals surface area contributed by atoms with Gasteiger partial charge in [-0.3, -0.25) is 4.79 Å².